The van der Waals surface area contributed by atoms with Gasteiger partial charge in [0.25, 0.3) is 11.8 Å². The second-order valence-electron chi connectivity index (χ2n) is 4.77. The highest BCUT2D eigenvalue weighted by molar-refractivity contribution is 6.21. The van der Waals surface area contributed by atoms with Crippen molar-refractivity contribution in [2.75, 3.05) is 0 Å². The third-order valence-electron chi connectivity index (χ3n) is 3.40. The fourth-order valence-corrected chi connectivity index (χ4v) is 2.52. The van der Waals surface area contributed by atoms with E-state index in [1.54, 1.807) is 6.92 Å². The third-order valence-corrected chi connectivity index (χ3v) is 3.40. The van der Waals surface area contributed by atoms with E-state index < -0.39 is 35.6 Å². The minimum absolute atomic E-state index is 0.0607. The molecule has 2 aliphatic rings. The van der Waals surface area contributed by atoms with Crippen molar-refractivity contribution in [1.29, 1.82) is 0 Å². The van der Waals surface area contributed by atoms with Gasteiger partial charge in [0.2, 0.25) is 11.8 Å². The highest BCUT2D eigenvalue weighted by Gasteiger charge is 2.48. The van der Waals surface area contributed by atoms with Gasteiger partial charge in [0.05, 0.1) is 0 Å². The lowest BCUT2D eigenvalue weighted by Gasteiger charge is -2.32. The number of nitrogens with zero attached hydrogens (tertiary/aromatic N) is 3. The van der Waals surface area contributed by atoms with Gasteiger partial charge in [-0.2, -0.15) is 0 Å². The van der Waals surface area contributed by atoms with Crippen molar-refractivity contribution in [1.82, 2.24) is 20.2 Å². The van der Waals surface area contributed by atoms with Crippen molar-refractivity contribution in [2.24, 2.45) is 5.92 Å². The molecule has 1 N–H and O–H groups in total. The average molecular weight is 304 g/mol. The summed E-state index contributed by atoms with van der Waals surface area (Å²) in [6.45, 7) is 5.64. The summed E-state index contributed by atoms with van der Waals surface area (Å²) in [6.07, 6.45) is 2.69. The number of imide groups is 2. The Bertz CT molecular complexity index is 623. The number of nitrogens with one attached hydrogen (secondary N) is 1. The van der Waals surface area contributed by atoms with Crippen LogP contribution in [0.4, 0.5) is 0 Å². The van der Waals surface area contributed by atoms with E-state index in [1.165, 1.54) is 12.4 Å². The molecule has 3 heterocycles. The molecule has 8 heteroatoms. The number of carbonyl (C=O) groups excluding carboxylic acids is 4. The van der Waals surface area contributed by atoms with Crippen LogP contribution in [0, 0.1) is 5.92 Å². The van der Waals surface area contributed by atoms with Crippen LogP contribution in [-0.2, 0) is 9.59 Å². The van der Waals surface area contributed by atoms with Crippen LogP contribution in [0.15, 0.2) is 12.4 Å². The van der Waals surface area contributed by atoms with Crippen molar-refractivity contribution in [3.8, 4) is 0 Å². The molecule has 0 saturated carbocycles. The van der Waals surface area contributed by atoms with Crippen LogP contribution >= 0.6 is 0 Å². The molecule has 1 aromatic rings. The van der Waals surface area contributed by atoms with Gasteiger partial charge in [0, 0.05) is 18.8 Å². The standard InChI is InChI=1S/C12H10N4O4.C2H6/c1-5-4-6(17)15-10(18)9(5)16-11(19)7-8(12(16)20)14-3-2-13-7;1-2/h2-3,5,9H,4H2,1H3,(H,15,17,18);1-2H3. The number of carbonyl (C=O) groups is 4. The molecule has 2 unspecified atom stereocenters. The van der Waals surface area contributed by atoms with Gasteiger partial charge in [0.15, 0.2) is 11.4 Å². The van der Waals surface area contributed by atoms with Crippen LogP contribution < -0.4 is 5.32 Å². The fraction of sp³-hybridized carbons (Fsp3) is 0.429. The topological polar surface area (TPSA) is 109 Å². The molecular weight excluding hydrogens is 288 g/mol. The zero-order valence-corrected chi connectivity index (χ0v) is 12.5. The summed E-state index contributed by atoms with van der Waals surface area (Å²) in [5.41, 5.74) is -0.121. The molecule has 22 heavy (non-hydrogen) atoms. The Labute approximate surface area is 126 Å². The van der Waals surface area contributed by atoms with E-state index >= 15 is 0 Å². The summed E-state index contributed by atoms with van der Waals surface area (Å²) in [6, 6.07) is -1.01. The van der Waals surface area contributed by atoms with E-state index in [1.807, 2.05) is 13.8 Å². The SMILES string of the molecule is CC.CC1CC(=O)NC(=O)C1N1C(=O)c2nccnc2C1=O. The largest absolute Gasteiger partial charge is 0.295 e. The van der Waals surface area contributed by atoms with E-state index in [0.29, 0.717) is 0 Å². The molecule has 0 spiro atoms. The smallest absolute Gasteiger partial charge is 0.282 e. The zero-order valence-electron chi connectivity index (χ0n) is 12.5. The van der Waals surface area contributed by atoms with Crippen LogP contribution in [0.25, 0.3) is 0 Å². The minimum atomic E-state index is -1.01. The van der Waals surface area contributed by atoms with Crippen molar-refractivity contribution in [3.05, 3.63) is 23.8 Å². The molecule has 0 aliphatic carbocycles. The van der Waals surface area contributed by atoms with Crippen molar-refractivity contribution in [3.63, 3.8) is 0 Å². The van der Waals surface area contributed by atoms with E-state index in [-0.39, 0.29) is 17.8 Å². The maximum atomic E-state index is 12.2. The van der Waals surface area contributed by atoms with Gasteiger partial charge in [-0.15, -0.1) is 0 Å². The molecule has 1 saturated heterocycles. The Hall–Kier alpha value is -2.64. The summed E-state index contributed by atoms with van der Waals surface area (Å²) < 4.78 is 0. The molecule has 8 nitrogen and oxygen atoms in total. The average Bonchev–Trinajstić information content (AvgIpc) is 2.74. The molecule has 116 valence electrons. The van der Waals surface area contributed by atoms with Crippen LogP contribution in [-0.4, -0.2) is 44.5 Å². The van der Waals surface area contributed by atoms with E-state index in [4.69, 9.17) is 0 Å². The molecule has 2 atom stereocenters. The number of hydrogen-bond donors (Lipinski definition) is 1. The Balaban J connectivity index is 0.000000847. The lowest BCUT2D eigenvalue weighted by Crippen LogP contribution is -2.58. The first kappa shape index (κ1) is 15.7. The number of rotatable bonds is 1. The summed E-state index contributed by atoms with van der Waals surface area (Å²) in [7, 11) is 0. The van der Waals surface area contributed by atoms with Crippen molar-refractivity contribution in [2.45, 2.75) is 33.2 Å². The monoisotopic (exact) mass is 304 g/mol. The number of fused-ring (bicyclic) bond motifs is 1. The molecule has 0 radical (unpaired) electrons. The van der Waals surface area contributed by atoms with Crippen LogP contribution in [0.5, 0.6) is 0 Å². The van der Waals surface area contributed by atoms with E-state index in [0.717, 1.165) is 4.90 Å². The number of piperidine rings is 1. The molecule has 4 amide bonds. The summed E-state index contributed by atoms with van der Waals surface area (Å²) in [5.74, 6) is -2.81. The highest BCUT2D eigenvalue weighted by atomic mass is 16.2. The van der Waals surface area contributed by atoms with E-state index in [9.17, 15) is 19.2 Å². The Morgan fingerprint density at radius 2 is 1.55 bits per heavy atom. The molecule has 0 aromatic carbocycles. The second kappa shape index (κ2) is 6.00. The molecule has 0 bridgehead atoms. The van der Waals surface area contributed by atoms with Gasteiger partial charge in [-0.05, 0) is 5.92 Å². The first-order valence-electron chi connectivity index (χ1n) is 7.03. The van der Waals surface area contributed by atoms with Crippen LogP contribution in [0.3, 0.4) is 0 Å². The van der Waals surface area contributed by atoms with Gasteiger partial charge >= 0.3 is 0 Å². The molecular formula is C14H16N4O4. The summed E-state index contributed by atoms with van der Waals surface area (Å²) >= 11 is 0. The maximum Gasteiger partial charge on any atom is 0.282 e. The quantitative estimate of drug-likeness (QED) is 0.740. The van der Waals surface area contributed by atoms with Crippen LogP contribution in [0.1, 0.15) is 48.2 Å². The van der Waals surface area contributed by atoms with Gasteiger partial charge < -0.3 is 0 Å². The van der Waals surface area contributed by atoms with E-state index in [2.05, 4.69) is 15.3 Å². The van der Waals surface area contributed by atoms with Gasteiger partial charge in [-0.3, -0.25) is 29.4 Å². The lowest BCUT2D eigenvalue weighted by atomic mass is 9.92. The second-order valence-corrected chi connectivity index (χ2v) is 4.77. The predicted molar refractivity (Wildman–Crippen MR) is 74.6 cm³/mol. The van der Waals surface area contributed by atoms with Crippen molar-refractivity contribution >= 4 is 23.6 Å². The normalized spacial score (nSPS) is 23.7. The fourth-order valence-electron chi connectivity index (χ4n) is 2.52. The molecule has 3 rings (SSSR count). The van der Waals surface area contributed by atoms with Gasteiger partial charge in [0.1, 0.15) is 6.04 Å². The molecule has 1 fully saturated rings. The first-order valence-corrected chi connectivity index (χ1v) is 7.03. The zero-order chi connectivity index (χ0) is 16.4. The van der Waals surface area contributed by atoms with Crippen molar-refractivity contribution < 1.29 is 19.2 Å². The molecule has 2 aliphatic heterocycles. The molecule has 1 aromatic heterocycles. The minimum Gasteiger partial charge on any atom is -0.295 e. The van der Waals surface area contributed by atoms with Gasteiger partial charge in [-0.1, -0.05) is 20.8 Å². The predicted octanol–water partition coefficient (Wildman–Crippen LogP) is 0.150. The Morgan fingerprint density at radius 1 is 1.05 bits per heavy atom. The van der Waals surface area contributed by atoms with Crippen LogP contribution in [0.2, 0.25) is 0 Å². The number of aromatic nitrogens is 2. The van der Waals surface area contributed by atoms with Gasteiger partial charge in [-0.25, -0.2) is 9.97 Å². The Kier molecular flexibility index (Phi) is 4.30. The lowest BCUT2D eigenvalue weighted by molar-refractivity contribution is -0.138. The summed E-state index contributed by atoms with van der Waals surface area (Å²) in [4.78, 5) is 56.1. The number of amides is 4. The highest BCUT2D eigenvalue weighted by Crippen LogP contribution is 2.27. The third kappa shape index (κ3) is 2.36. The first-order chi connectivity index (χ1) is 10.5. The number of hydrogen-bond acceptors (Lipinski definition) is 6. The maximum absolute atomic E-state index is 12.2. The Morgan fingerprint density at radius 3 is 2.00 bits per heavy atom. The summed E-state index contributed by atoms with van der Waals surface area (Å²) in [5, 5.41) is 2.14.